The molecule has 0 aliphatic rings. The molecular formula is C22H26N4O2S2. The molecule has 0 saturated heterocycles. The predicted octanol–water partition coefficient (Wildman–Crippen LogP) is 5.52. The van der Waals surface area contributed by atoms with E-state index < -0.39 is 0 Å². The largest absolute Gasteiger partial charge is 0.326 e. The maximum atomic E-state index is 12.6. The molecule has 0 unspecified atom stereocenters. The van der Waals surface area contributed by atoms with E-state index in [9.17, 15) is 9.59 Å². The van der Waals surface area contributed by atoms with E-state index >= 15 is 0 Å². The fourth-order valence-corrected chi connectivity index (χ4v) is 4.59. The number of nitrogens with zero attached hydrogens (tertiary/aromatic N) is 3. The summed E-state index contributed by atoms with van der Waals surface area (Å²) in [7, 11) is 0. The van der Waals surface area contributed by atoms with Crippen LogP contribution in [0.1, 0.15) is 49.9 Å². The van der Waals surface area contributed by atoms with E-state index in [4.69, 9.17) is 0 Å². The van der Waals surface area contributed by atoms with Crippen molar-refractivity contribution in [1.29, 1.82) is 0 Å². The van der Waals surface area contributed by atoms with Crippen LogP contribution in [0.25, 0.3) is 10.7 Å². The Kier molecular flexibility index (Phi) is 8.21. The van der Waals surface area contributed by atoms with E-state index in [0.29, 0.717) is 17.7 Å². The molecule has 0 atom stereocenters. The topological polar surface area (TPSA) is 76.9 Å². The number of benzene rings is 1. The van der Waals surface area contributed by atoms with Crippen molar-refractivity contribution in [3.05, 3.63) is 47.3 Å². The molecule has 0 aliphatic carbocycles. The van der Waals surface area contributed by atoms with Gasteiger partial charge in [-0.1, -0.05) is 37.6 Å². The van der Waals surface area contributed by atoms with Gasteiger partial charge in [-0.25, -0.2) is 0 Å². The van der Waals surface area contributed by atoms with Crippen LogP contribution in [0.5, 0.6) is 0 Å². The summed E-state index contributed by atoms with van der Waals surface area (Å²) in [5, 5.41) is 14.2. The van der Waals surface area contributed by atoms with Gasteiger partial charge in [-0.15, -0.1) is 21.5 Å². The molecule has 158 valence electrons. The van der Waals surface area contributed by atoms with Crippen LogP contribution in [0.2, 0.25) is 0 Å². The first-order valence-electron chi connectivity index (χ1n) is 10.1. The Hall–Kier alpha value is -2.45. The number of Topliss-reactive ketones (excluding diaryl/α,β-unsaturated/α-hetero) is 1. The molecule has 2 aromatic heterocycles. The molecule has 0 radical (unpaired) electrons. The Balaban J connectivity index is 1.56. The van der Waals surface area contributed by atoms with Crippen LogP contribution in [0.15, 0.2) is 46.9 Å². The quantitative estimate of drug-likeness (QED) is 0.240. The van der Waals surface area contributed by atoms with Gasteiger partial charge in [-0.05, 0) is 49.1 Å². The van der Waals surface area contributed by atoms with Crippen LogP contribution < -0.4 is 5.32 Å². The zero-order valence-electron chi connectivity index (χ0n) is 17.3. The van der Waals surface area contributed by atoms with Gasteiger partial charge in [0.25, 0.3) is 0 Å². The van der Waals surface area contributed by atoms with Crippen molar-refractivity contribution < 1.29 is 9.59 Å². The molecule has 8 heteroatoms. The van der Waals surface area contributed by atoms with Gasteiger partial charge in [0.1, 0.15) is 0 Å². The second kappa shape index (κ2) is 11.1. The molecular weight excluding hydrogens is 416 g/mol. The third-order valence-electron chi connectivity index (χ3n) is 4.61. The smallest absolute Gasteiger partial charge is 0.224 e. The van der Waals surface area contributed by atoms with Crippen molar-refractivity contribution in [1.82, 2.24) is 14.8 Å². The summed E-state index contributed by atoms with van der Waals surface area (Å²) in [4.78, 5) is 25.6. The van der Waals surface area contributed by atoms with Crippen LogP contribution in [0, 0.1) is 0 Å². The highest BCUT2D eigenvalue weighted by Crippen LogP contribution is 2.27. The number of aromatic nitrogens is 3. The molecule has 1 aromatic carbocycles. The third-order valence-corrected chi connectivity index (χ3v) is 6.44. The number of carbonyl (C=O) groups is 2. The highest BCUT2D eigenvalue weighted by atomic mass is 32.2. The number of thioether (sulfide) groups is 1. The number of ketones is 1. The Morgan fingerprint density at radius 3 is 2.57 bits per heavy atom. The highest BCUT2D eigenvalue weighted by molar-refractivity contribution is 7.99. The summed E-state index contributed by atoms with van der Waals surface area (Å²) in [6.45, 7) is 4.89. The van der Waals surface area contributed by atoms with E-state index in [-0.39, 0.29) is 17.4 Å². The highest BCUT2D eigenvalue weighted by Gasteiger charge is 2.16. The number of anilines is 1. The lowest BCUT2D eigenvalue weighted by molar-refractivity contribution is -0.116. The number of nitrogens with one attached hydrogen (secondary N) is 1. The molecule has 6 nitrogen and oxygen atoms in total. The van der Waals surface area contributed by atoms with Crippen molar-refractivity contribution in [2.75, 3.05) is 11.1 Å². The number of hydrogen-bond donors (Lipinski definition) is 1. The molecule has 0 aliphatic heterocycles. The molecule has 1 N–H and O–H groups in total. The van der Waals surface area contributed by atoms with Crippen molar-refractivity contribution >= 4 is 40.5 Å². The minimum Gasteiger partial charge on any atom is -0.326 e. The molecule has 30 heavy (non-hydrogen) atoms. The number of rotatable bonds is 11. The van der Waals surface area contributed by atoms with Crippen molar-refractivity contribution in [3.63, 3.8) is 0 Å². The van der Waals surface area contributed by atoms with Gasteiger partial charge in [0.2, 0.25) is 5.91 Å². The minimum absolute atomic E-state index is 0.0125. The van der Waals surface area contributed by atoms with Crippen molar-refractivity contribution in [2.24, 2.45) is 0 Å². The summed E-state index contributed by atoms with van der Waals surface area (Å²) in [5.74, 6) is 1.15. The van der Waals surface area contributed by atoms with Gasteiger partial charge in [-0.3, -0.25) is 9.59 Å². The summed E-state index contributed by atoms with van der Waals surface area (Å²) in [6, 6.07) is 11.1. The molecule has 0 fully saturated rings. The molecule has 3 aromatic rings. The number of carbonyl (C=O) groups excluding carboxylic acids is 2. The van der Waals surface area contributed by atoms with Gasteiger partial charge in [-0.2, -0.15) is 0 Å². The number of unbranched alkanes of at least 4 members (excludes halogenated alkanes) is 2. The van der Waals surface area contributed by atoms with Crippen LogP contribution in [-0.4, -0.2) is 32.2 Å². The number of amides is 1. The van der Waals surface area contributed by atoms with Crippen LogP contribution in [0.4, 0.5) is 5.69 Å². The average Bonchev–Trinajstić information content (AvgIpc) is 3.42. The van der Waals surface area contributed by atoms with Gasteiger partial charge in [0.15, 0.2) is 16.8 Å². The maximum Gasteiger partial charge on any atom is 0.224 e. The lowest BCUT2D eigenvalue weighted by Crippen LogP contribution is -2.11. The van der Waals surface area contributed by atoms with Crippen molar-refractivity contribution in [2.45, 2.75) is 51.2 Å². The van der Waals surface area contributed by atoms with E-state index in [1.807, 2.05) is 29.0 Å². The maximum absolute atomic E-state index is 12.6. The van der Waals surface area contributed by atoms with Crippen LogP contribution >= 0.6 is 23.1 Å². The van der Waals surface area contributed by atoms with Crippen LogP contribution in [0.3, 0.4) is 0 Å². The van der Waals surface area contributed by atoms with E-state index in [2.05, 4.69) is 22.4 Å². The molecule has 1 amide bonds. The first kappa shape index (κ1) is 22.2. The predicted molar refractivity (Wildman–Crippen MR) is 123 cm³/mol. The van der Waals surface area contributed by atoms with Crippen molar-refractivity contribution in [3.8, 4) is 10.7 Å². The Bertz CT molecular complexity index is 966. The molecule has 3 rings (SSSR count). The van der Waals surface area contributed by atoms with Crippen LogP contribution in [-0.2, 0) is 11.3 Å². The summed E-state index contributed by atoms with van der Waals surface area (Å²) >= 11 is 3.01. The first-order chi connectivity index (χ1) is 14.6. The van der Waals surface area contributed by atoms with Gasteiger partial charge in [0.05, 0.1) is 10.6 Å². The first-order valence-corrected chi connectivity index (χ1v) is 12.0. The molecule has 2 heterocycles. The number of hydrogen-bond acceptors (Lipinski definition) is 6. The average molecular weight is 443 g/mol. The Morgan fingerprint density at radius 1 is 1.10 bits per heavy atom. The van der Waals surface area contributed by atoms with Gasteiger partial charge >= 0.3 is 0 Å². The zero-order chi connectivity index (χ0) is 21.3. The normalized spacial score (nSPS) is 10.9. The lowest BCUT2D eigenvalue weighted by atomic mass is 10.1. The second-order valence-electron chi connectivity index (χ2n) is 6.82. The molecule has 0 saturated carbocycles. The molecule has 0 spiro atoms. The third kappa shape index (κ3) is 5.79. The summed E-state index contributed by atoms with van der Waals surface area (Å²) in [6.07, 6.45) is 3.56. The minimum atomic E-state index is 0.0125. The zero-order valence-corrected chi connectivity index (χ0v) is 18.9. The van der Waals surface area contributed by atoms with Gasteiger partial charge in [0, 0.05) is 24.2 Å². The SMILES string of the molecule is CCCCCC(=O)Nc1ccc(C(=O)CSc2nnc(-c3cccs3)n2CC)cc1. The van der Waals surface area contributed by atoms with E-state index in [1.165, 1.54) is 11.8 Å². The molecule has 0 bridgehead atoms. The van der Waals surface area contributed by atoms with E-state index in [1.54, 1.807) is 35.6 Å². The van der Waals surface area contributed by atoms with Gasteiger partial charge < -0.3 is 9.88 Å². The summed E-state index contributed by atoms with van der Waals surface area (Å²) in [5.41, 5.74) is 1.33. The Labute approximate surface area is 185 Å². The fraction of sp³-hybridized carbons (Fsp3) is 0.364. The summed E-state index contributed by atoms with van der Waals surface area (Å²) < 4.78 is 2.03. The number of thiophene rings is 1. The standard InChI is InChI=1S/C22H26N4O2S2/c1-3-5-6-9-20(28)23-17-12-10-16(11-13-17)18(27)15-30-22-25-24-21(26(22)4-2)19-8-7-14-29-19/h7-8,10-14H,3-6,9,15H2,1-2H3,(H,23,28). The van der Waals surface area contributed by atoms with E-state index in [0.717, 1.165) is 41.7 Å². The second-order valence-corrected chi connectivity index (χ2v) is 8.71. The lowest BCUT2D eigenvalue weighted by Gasteiger charge is -2.07. The monoisotopic (exact) mass is 442 g/mol. The fourth-order valence-electron chi connectivity index (χ4n) is 2.98. The Morgan fingerprint density at radius 2 is 1.90 bits per heavy atom.